The Balaban J connectivity index is 2.29. The second kappa shape index (κ2) is 7.73. The minimum atomic E-state index is -1.15. The number of carboxylic acids is 1. The monoisotopic (exact) mass is 348 g/mol. The van der Waals surface area contributed by atoms with E-state index in [-0.39, 0.29) is 10.6 Å². The molecule has 2 aromatic rings. The summed E-state index contributed by atoms with van der Waals surface area (Å²) in [4.78, 5) is 26.1. The van der Waals surface area contributed by atoms with Gasteiger partial charge in [-0.3, -0.25) is 15.2 Å². The van der Waals surface area contributed by atoms with Crippen LogP contribution in [0, 0.1) is 17.0 Å². The molecule has 0 aliphatic heterocycles. The van der Waals surface area contributed by atoms with Crippen LogP contribution in [-0.2, 0) is 11.2 Å². The number of thioether (sulfide) groups is 1. The average molecular weight is 348 g/mol. The number of H-pyrrole nitrogens is 1. The average Bonchev–Trinajstić information content (AvgIpc) is 2.95. The van der Waals surface area contributed by atoms with Gasteiger partial charge < -0.3 is 5.11 Å². The number of nitrogens with zero attached hydrogens (tertiary/aromatic N) is 3. The molecule has 0 radical (unpaired) electrons. The first-order chi connectivity index (χ1) is 11.4. The highest BCUT2D eigenvalue weighted by Crippen LogP contribution is 2.27. The zero-order valence-corrected chi connectivity index (χ0v) is 14.0. The Hall–Kier alpha value is -2.68. The summed E-state index contributed by atoms with van der Waals surface area (Å²) in [6, 6.07) is 4.56. The van der Waals surface area contributed by atoms with Crippen LogP contribution in [0.3, 0.4) is 0 Å². The van der Waals surface area contributed by atoms with Gasteiger partial charge in [0.05, 0.1) is 4.92 Å². The number of rotatable bonds is 7. The maximum Gasteiger partial charge on any atom is 0.342 e. The normalized spacial score (nSPS) is 11.5. The number of hydrogen-bond acceptors (Lipinski definition) is 6. The van der Waals surface area contributed by atoms with Gasteiger partial charge in [-0.05, 0) is 36.7 Å². The molecule has 0 unspecified atom stereocenters. The topological polar surface area (TPSA) is 122 Å². The molecule has 0 fully saturated rings. The summed E-state index contributed by atoms with van der Waals surface area (Å²) in [5.41, 5.74) is 0.892. The Kier molecular flexibility index (Phi) is 5.69. The molecular formula is C15H16N4O4S. The van der Waals surface area contributed by atoms with E-state index in [1.807, 2.05) is 6.92 Å². The predicted molar refractivity (Wildman–Crippen MR) is 89.7 cm³/mol. The molecule has 0 bridgehead atoms. The lowest BCUT2D eigenvalue weighted by Gasteiger charge is -2.01. The number of benzene rings is 1. The number of aromatic nitrogens is 3. The van der Waals surface area contributed by atoms with Gasteiger partial charge in [0.1, 0.15) is 10.7 Å². The second-order valence-electron chi connectivity index (χ2n) is 5.03. The van der Waals surface area contributed by atoms with Crippen molar-refractivity contribution in [2.24, 2.45) is 0 Å². The molecule has 126 valence electrons. The molecule has 0 spiro atoms. The Bertz CT molecular complexity index is 801. The quantitative estimate of drug-likeness (QED) is 0.341. The minimum Gasteiger partial charge on any atom is -0.477 e. The van der Waals surface area contributed by atoms with Gasteiger partial charge >= 0.3 is 5.97 Å². The van der Waals surface area contributed by atoms with Gasteiger partial charge in [0.2, 0.25) is 5.16 Å². The van der Waals surface area contributed by atoms with Gasteiger partial charge in [0, 0.05) is 18.1 Å². The largest absolute Gasteiger partial charge is 0.477 e. The summed E-state index contributed by atoms with van der Waals surface area (Å²) in [7, 11) is 0. The summed E-state index contributed by atoms with van der Waals surface area (Å²) in [5, 5.41) is 27.4. The number of aryl methyl sites for hydroxylation is 2. The van der Waals surface area contributed by atoms with Gasteiger partial charge in [-0.15, -0.1) is 5.10 Å². The Morgan fingerprint density at radius 3 is 2.88 bits per heavy atom. The molecule has 0 aliphatic rings. The summed E-state index contributed by atoms with van der Waals surface area (Å²) >= 11 is 0.895. The third kappa shape index (κ3) is 4.42. The van der Waals surface area contributed by atoms with E-state index < -0.39 is 10.9 Å². The molecular weight excluding hydrogens is 332 g/mol. The number of carboxylic acid groups (broad SMARTS) is 1. The van der Waals surface area contributed by atoms with Crippen molar-refractivity contribution in [2.45, 2.75) is 31.8 Å². The summed E-state index contributed by atoms with van der Waals surface area (Å²) < 4.78 is 0. The fourth-order valence-electron chi connectivity index (χ4n) is 1.97. The molecule has 0 saturated carbocycles. The zero-order valence-electron chi connectivity index (χ0n) is 13.1. The highest BCUT2D eigenvalue weighted by molar-refractivity contribution is 8.04. The molecule has 1 heterocycles. The van der Waals surface area contributed by atoms with E-state index in [1.54, 1.807) is 19.1 Å². The van der Waals surface area contributed by atoms with Gasteiger partial charge in [0.25, 0.3) is 5.69 Å². The number of aromatic amines is 1. The van der Waals surface area contributed by atoms with Crippen molar-refractivity contribution in [2.75, 3.05) is 0 Å². The lowest BCUT2D eigenvalue weighted by Crippen LogP contribution is -1.98. The highest BCUT2D eigenvalue weighted by Gasteiger charge is 2.15. The molecule has 0 atom stereocenters. The van der Waals surface area contributed by atoms with Crippen molar-refractivity contribution in [1.82, 2.24) is 15.2 Å². The van der Waals surface area contributed by atoms with Crippen LogP contribution in [0.15, 0.2) is 28.3 Å². The number of hydrogen-bond donors (Lipinski definition) is 2. The van der Waals surface area contributed by atoms with Crippen LogP contribution >= 0.6 is 11.8 Å². The summed E-state index contributed by atoms with van der Waals surface area (Å²) in [5.74, 6) is -0.458. The van der Waals surface area contributed by atoms with E-state index in [0.717, 1.165) is 24.6 Å². The van der Waals surface area contributed by atoms with E-state index in [0.29, 0.717) is 22.1 Å². The van der Waals surface area contributed by atoms with Crippen LogP contribution in [0.25, 0.3) is 6.08 Å². The standard InChI is InChI=1S/C15H16N4O4S/c1-3-4-13-16-15(18-17-13)24-12(14(20)21)8-10-6-5-9(2)11(7-10)19(22)23/h5-8H,3-4H2,1-2H3,(H,20,21)(H,16,17,18)/b12-8-. The highest BCUT2D eigenvalue weighted by atomic mass is 32.2. The van der Waals surface area contributed by atoms with Crippen LogP contribution < -0.4 is 0 Å². The van der Waals surface area contributed by atoms with Crippen LogP contribution in [-0.4, -0.2) is 31.2 Å². The SMILES string of the molecule is CCCc1nc(S/C(=C\c2ccc(C)c([N+](=O)[O-])c2)C(=O)O)n[nH]1. The third-order valence-electron chi connectivity index (χ3n) is 3.14. The van der Waals surface area contributed by atoms with Crippen LogP contribution in [0.2, 0.25) is 0 Å². The van der Waals surface area contributed by atoms with E-state index in [9.17, 15) is 20.0 Å². The van der Waals surface area contributed by atoms with Crippen molar-refractivity contribution in [3.8, 4) is 0 Å². The molecule has 2 rings (SSSR count). The second-order valence-corrected chi connectivity index (χ2v) is 6.04. The molecule has 9 heteroatoms. The van der Waals surface area contributed by atoms with Crippen LogP contribution in [0.5, 0.6) is 0 Å². The summed E-state index contributed by atoms with van der Waals surface area (Å²) in [6.07, 6.45) is 2.99. The van der Waals surface area contributed by atoms with Crippen molar-refractivity contribution in [3.63, 3.8) is 0 Å². The fraction of sp³-hybridized carbons (Fsp3) is 0.267. The number of nitro benzene ring substituents is 1. The van der Waals surface area contributed by atoms with Crippen LogP contribution in [0.1, 0.15) is 30.3 Å². The molecule has 1 aromatic carbocycles. The molecule has 24 heavy (non-hydrogen) atoms. The van der Waals surface area contributed by atoms with Gasteiger partial charge in [-0.2, -0.15) is 0 Å². The Morgan fingerprint density at radius 2 is 2.25 bits per heavy atom. The Labute approximate surface area is 142 Å². The van der Waals surface area contributed by atoms with Crippen molar-refractivity contribution in [3.05, 3.63) is 50.2 Å². The first-order valence-corrected chi connectivity index (χ1v) is 8.01. The smallest absolute Gasteiger partial charge is 0.342 e. The van der Waals surface area contributed by atoms with Gasteiger partial charge in [-0.25, -0.2) is 9.78 Å². The zero-order chi connectivity index (χ0) is 17.7. The predicted octanol–water partition coefficient (Wildman–Crippen LogP) is 3.19. The molecule has 1 aromatic heterocycles. The maximum atomic E-state index is 11.4. The fourth-order valence-corrected chi connectivity index (χ4v) is 2.70. The van der Waals surface area contributed by atoms with E-state index in [4.69, 9.17) is 0 Å². The molecule has 8 nitrogen and oxygen atoms in total. The van der Waals surface area contributed by atoms with E-state index >= 15 is 0 Å². The summed E-state index contributed by atoms with van der Waals surface area (Å²) in [6.45, 7) is 3.63. The third-order valence-corrected chi connectivity index (χ3v) is 4.02. The van der Waals surface area contributed by atoms with Crippen LogP contribution in [0.4, 0.5) is 5.69 Å². The first kappa shape index (κ1) is 17.7. The molecule has 0 aliphatic carbocycles. The number of nitro groups is 1. The first-order valence-electron chi connectivity index (χ1n) is 7.20. The van der Waals surface area contributed by atoms with Gasteiger partial charge in [0.15, 0.2) is 0 Å². The minimum absolute atomic E-state index is 0.0183. The van der Waals surface area contributed by atoms with E-state index in [2.05, 4.69) is 15.2 Å². The van der Waals surface area contributed by atoms with Gasteiger partial charge in [-0.1, -0.05) is 19.1 Å². The number of nitrogens with one attached hydrogen (secondary N) is 1. The van der Waals surface area contributed by atoms with Crippen molar-refractivity contribution >= 4 is 29.5 Å². The maximum absolute atomic E-state index is 11.4. The van der Waals surface area contributed by atoms with Crippen molar-refractivity contribution in [1.29, 1.82) is 0 Å². The Morgan fingerprint density at radius 1 is 1.50 bits per heavy atom. The number of aliphatic carboxylic acids is 1. The number of carbonyl (C=O) groups is 1. The molecule has 0 amide bonds. The van der Waals surface area contributed by atoms with Crippen molar-refractivity contribution < 1.29 is 14.8 Å². The molecule has 2 N–H and O–H groups in total. The molecule has 0 saturated heterocycles. The lowest BCUT2D eigenvalue weighted by molar-refractivity contribution is -0.385. The lowest BCUT2D eigenvalue weighted by atomic mass is 10.1. The van der Waals surface area contributed by atoms with E-state index in [1.165, 1.54) is 12.1 Å².